The molecule has 0 atom stereocenters. The number of nitrogens with zero attached hydrogens (tertiary/aromatic N) is 4. The highest BCUT2D eigenvalue weighted by molar-refractivity contribution is 6.04. The maximum absolute atomic E-state index is 12.3. The molecule has 0 aromatic carbocycles. The summed E-state index contributed by atoms with van der Waals surface area (Å²) in [7, 11) is 1.90. The van der Waals surface area contributed by atoms with Crippen LogP contribution in [0.1, 0.15) is 29.8 Å². The quantitative estimate of drug-likeness (QED) is 0.830. The molecule has 0 unspecified atom stereocenters. The molecule has 112 valence electrons. The van der Waals surface area contributed by atoms with Crippen LogP contribution >= 0.6 is 0 Å². The fourth-order valence-electron chi connectivity index (χ4n) is 2.53. The molecule has 0 spiro atoms. The Morgan fingerprint density at radius 2 is 2.23 bits per heavy atom. The molecule has 2 aromatic rings. The second kappa shape index (κ2) is 5.60. The first kappa shape index (κ1) is 14.3. The molecule has 6 heteroatoms. The highest BCUT2D eigenvalue weighted by Crippen LogP contribution is 2.36. The van der Waals surface area contributed by atoms with E-state index in [1.165, 1.54) is 0 Å². The van der Waals surface area contributed by atoms with Gasteiger partial charge in [-0.25, -0.2) is 4.98 Å². The molecule has 3 heterocycles. The van der Waals surface area contributed by atoms with Gasteiger partial charge in [0, 0.05) is 50.6 Å². The van der Waals surface area contributed by atoms with Gasteiger partial charge in [0.15, 0.2) is 11.4 Å². The number of nitrogens with one attached hydrogen (secondary N) is 1. The maximum Gasteiger partial charge on any atom is 0.272 e. The molecule has 0 saturated heterocycles. The van der Waals surface area contributed by atoms with Crippen LogP contribution in [0.3, 0.4) is 0 Å². The largest absolute Gasteiger partial charge is 0.350 e. The minimum absolute atomic E-state index is 0.180. The Morgan fingerprint density at radius 3 is 2.95 bits per heavy atom. The third kappa shape index (κ3) is 2.70. The van der Waals surface area contributed by atoms with Gasteiger partial charge >= 0.3 is 0 Å². The number of hydrogen-bond donors (Lipinski definition) is 1. The van der Waals surface area contributed by atoms with Gasteiger partial charge in [0.25, 0.3) is 5.91 Å². The standard InChI is InChI=1S/C16H17N5O/c1-3-4-7-16(19-20-16)8-10-18-15(22)13-14-12(5-9-17-13)6-11-21(14)2/h1,5-6,9,11H,4,7-8,10H2,2H3,(H,18,22). The van der Waals surface area contributed by atoms with Crippen LogP contribution in [0.15, 0.2) is 34.8 Å². The molecule has 6 nitrogen and oxygen atoms in total. The van der Waals surface area contributed by atoms with Crippen molar-refractivity contribution in [2.45, 2.75) is 24.9 Å². The number of amides is 1. The van der Waals surface area contributed by atoms with Gasteiger partial charge in [0.1, 0.15) is 0 Å². The lowest BCUT2D eigenvalue weighted by Crippen LogP contribution is -2.29. The molecule has 1 aliphatic rings. The minimum atomic E-state index is -0.371. The fraction of sp³-hybridized carbons (Fsp3) is 0.375. The first-order valence-corrected chi connectivity index (χ1v) is 7.21. The SMILES string of the molecule is C#CCCC1(CCNC(=O)c2nccc3ccn(C)c23)N=N1. The van der Waals surface area contributed by atoms with E-state index in [4.69, 9.17) is 6.42 Å². The topological polar surface area (TPSA) is 71.6 Å². The second-order valence-electron chi connectivity index (χ2n) is 5.42. The van der Waals surface area contributed by atoms with Gasteiger partial charge in [-0.05, 0) is 12.1 Å². The van der Waals surface area contributed by atoms with Gasteiger partial charge < -0.3 is 9.88 Å². The van der Waals surface area contributed by atoms with E-state index in [0.29, 0.717) is 25.1 Å². The number of carbonyl (C=O) groups excluding carboxylic acids is 1. The number of rotatable bonds is 6. The smallest absolute Gasteiger partial charge is 0.272 e. The summed E-state index contributed by atoms with van der Waals surface area (Å²) in [6.07, 6.45) is 10.9. The first-order chi connectivity index (χ1) is 10.7. The Balaban J connectivity index is 1.63. The van der Waals surface area contributed by atoms with Crippen LogP contribution in [0.25, 0.3) is 10.9 Å². The second-order valence-corrected chi connectivity index (χ2v) is 5.42. The van der Waals surface area contributed by atoms with Crippen molar-refractivity contribution in [1.82, 2.24) is 14.9 Å². The Hall–Kier alpha value is -2.68. The fourth-order valence-corrected chi connectivity index (χ4v) is 2.53. The zero-order chi connectivity index (χ0) is 15.6. The van der Waals surface area contributed by atoms with Crippen molar-refractivity contribution in [2.75, 3.05) is 6.54 Å². The highest BCUT2D eigenvalue weighted by Gasteiger charge is 2.38. The molecule has 0 radical (unpaired) electrons. The third-order valence-electron chi connectivity index (χ3n) is 3.86. The average molecular weight is 295 g/mol. The molecule has 3 rings (SSSR count). The monoisotopic (exact) mass is 295 g/mol. The number of aryl methyl sites for hydroxylation is 1. The summed E-state index contributed by atoms with van der Waals surface area (Å²) in [5.74, 6) is 2.41. The minimum Gasteiger partial charge on any atom is -0.350 e. The van der Waals surface area contributed by atoms with Crippen LogP contribution in [0.4, 0.5) is 0 Å². The summed E-state index contributed by atoms with van der Waals surface area (Å²) >= 11 is 0. The highest BCUT2D eigenvalue weighted by atomic mass is 16.1. The van der Waals surface area contributed by atoms with Crippen LogP contribution in [-0.4, -0.2) is 27.7 Å². The van der Waals surface area contributed by atoms with E-state index in [9.17, 15) is 4.79 Å². The van der Waals surface area contributed by atoms with Gasteiger partial charge in [-0.1, -0.05) is 0 Å². The number of terminal acetylenes is 1. The Kier molecular flexibility index (Phi) is 3.63. The lowest BCUT2D eigenvalue weighted by atomic mass is 10.0. The van der Waals surface area contributed by atoms with Crippen molar-refractivity contribution in [3.63, 3.8) is 0 Å². The van der Waals surface area contributed by atoms with Crippen LogP contribution in [0, 0.1) is 12.3 Å². The molecule has 0 saturated carbocycles. The third-order valence-corrected chi connectivity index (χ3v) is 3.86. The summed E-state index contributed by atoms with van der Waals surface area (Å²) in [5.41, 5.74) is 0.902. The normalized spacial score (nSPS) is 14.7. The van der Waals surface area contributed by atoms with Gasteiger partial charge in [-0.15, -0.1) is 12.3 Å². The zero-order valence-corrected chi connectivity index (χ0v) is 12.4. The van der Waals surface area contributed by atoms with Gasteiger partial charge in [-0.2, -0.15) is 10.2 Å². The van der Waals surface area contributed by atoms with Gasteiger partial charge in [0.2, 0.25) is 0 Å². The number of aromatic nitrogens is 2. The molecule has 0 fully saturated rings. The van der Waals surface area contributed by atoms with Crippen molar-refractivity contribution in [2.24, 2.45) is 17.3 Å². The van der Waals surface area contributed by atoms with E-state index in [1.54, 1.807) is 6.20 Å². The van der Waals surface area contributed by atoms with E-state index in [-0.39, 0.29) is 11.6 Å². The van der Waals surface area contributed by atoms with E-state index in [1.807, 2.05) is 29.9 Å². The van der Waals surface area contributed by atoms with E-state index in [0.717, 1.165) is 17.3 Å². The molecular weight excluding hydrogens is 278 g/mol. The predicted molar refractivity (Wildman–Crippen MR) is 83.3 cm³/mol. The van der Waals surface area contributed by atoms with E-state index < -0.39 is 0 Å². The molecule has 22 heavy (non-hydrogen) atoms. The summed E-state index contributed by atoms with van der Waals surface area (Å²) in [4.78, 5) is 16.6. The molecule has 1 amide bonds. The lowest BCUT2D eigenvalue weighted by Gasteiger charge is -2.10. The van der Waals surface area contributed by atoms with Crippen molar-refractivity contribution >= 4 is 16.8 Å². The number of fused-ring (bicyclic) bond motifs is 1. The maximum atomic E-state index is 12.3. The van der Waals surface area contributed by atoms with Crippen molar-refractivity contribution in [3.05, 3.63) is 30.2 Å². The van der Waals surface area contributed by atoms with Crippen LogP contribution in [0.5, 0.6) is 0 Å². The summed E-state index contributed by atoms with van der Waals surface area (Å²) < 4.78 is 1.90. The van der Waals surface area contributed by atoms with Crippen molar-refractivity contribution in [3.8, 4) is 12.3 Å². The van der Waals surface area contributed by atoms with E-state index in [2.05, 4.69) is 26.4 Å². The number of carbonyl (C=O) groups is 1. The first-order valence-electron chi connectivity index (χ1n) is 7.21. The van der Waals surface area contributed by atoms with E-state index >= 15 is 0 Å². The lowest BCUT2D eigenvalue weighted by molar-refractivity contribution is 0.0948. The molecule has 0 aliphatic carbocycles. The average Bonchev–Trinajstić information content (AvgIpc) is 3.20. The Bertz CT molecular complexity index is 777. The van der Waals surface area contributed by atoms with Crippen molar-refractivity contribution < 1.29 is 4.79 Å². The molecule has 1 N–H and O–H groups in total. The van der Waals surface area contributed by atoms with Crippen molar-refractivity contribution in [1.29, 1.82) is 0 Å². The Morgan fingerprint density at radius 1 is 1.41 bits per heavy atom. The molecule has 2 aromatic heterocycles. The molecular formula is C16H17N5O. The van der Waals surface area contributed by atoms with Gasteiger partial charge in [-0.3, -0.25) is 4.79 Å². The van der Waals surface area contributed by atoms with Crippen LogP contribution < -0.4 is 5.32 Å². The predicted octanol–water partition coefficient (Wildman–Crippen LogP) is 2.27. The summed E-state index contributed by atoms with van der Waals surface area (Å²) in [6, 6.07) is 3.85. The summed E-state index contributed by atoms with van der Waals surface area (Å²) in [5, 5.41) is 12.0. The zero-order valence-electron chi connectivity index (χ0n) is 12.4. The van der Waals surface area contributed by atoms with Gasteiger partial charge in [0.05, 0.1) is 5.52 Å². The summed E-state index contributed by atoms with van der Waals surface area (Å²) in [6.45, 7) is 0.499. The number of hydrogen-bond acceptors (Lipinski definition) is 4. The molecule has 1 aliphatic heterocycles. The van der Waals surface area contributed by atoms with Crippen LogP contribution in [0.2, 0.25) is 0 Å². The number of pyridine rings is 1. The molecule has 0 bridgehead atoms. The Labute approximate surface area is 128 Å². The van der Waals surface area contributed by atoms with Crippen LogP contribution in [-0.2, 0) is 7.05 Å².